The Morgan fingerprint density at radius 1 is 0.538 bits per heavy atom. The number of nitrogens with zero attached hydrogens (tertiary/aromatic N) is 2. The van der Waals surface area contributed by atoms with Crippen molar-refractivity contribution in [3.8, 4) is 11.5 Å². The number of ether oxygens (including phenoxy) is 2. The molecule has 2 aliphatic heterocycles. The average Bonchev–Trinajstić information content (AvgIpc) is 3.13. The van der Waals surface area contributed by atoms with Gasteiger partial charge in [-0.2, -0.15) is 0 Å². The summed E-state index contributed by atoms with van der Waals surface area (Å²) in [5.74, 6) is 0.576. The van der Waals surface area contributed by atoms with Crippen LogP contribution in [0.15, 0.2) is 85.0 Å². The summed E-state index contributed by atoms with van der Waals surface area (Å²) in [6, 6.07) is 18.3. The van der Waals surface area contributed by atoms with Gasteiger partial charge in [-0.05, 0) is 63.1 Å². The molecule has 0 saturated heterocycles. The molecule has 0 bridgehead atoms. The highest BCUT2D eigenvalue weighted by molar-refractivity contribution is 6.27. The second-order valence-corrected chi connectivity index (χ2v) is 13.7. The van der Waals surface area contributed by atoms with Crippen LogP contribution in [-0.2, 0) is 0 Å². The summed E-state index contributed by atoms with van der Waals surface area (Å²) in [5.41, 5.74) is 4.44. The van der Waals surface area contributed by atoms with Gasteiger partial charge in [0.25, 0.3) is 23.6 Å². The maximum Gasteiger partial charge on any atom is 0.261 e. The number of carbonyl (C=O) groups excluding carboxylic acids is 4. The van der Waals surface area contributed by atoms with E-state index in [1.165, 1.54) is 9.80 Å². The predicted octanol–water partition coefficient (Wildman–Crippen LogP) is 9.94. The van der Waals surface area contributed by atoms with E-state index in [4.69, 9.17) is 9.47 Å². The van der Waals surface area contributed by atoms with Gasteiger partial charge in [0.2, 0.25) is 0 Å². The highest BCUT2D eigenvalue weighted by atomic mass is 16.5. The summed E-state index contributed by atoms with van der Waals surface area (Å²) >= 11 is 0. The molecule has 0 spiro atoms. The van der Waals surface area contributed by atoms with E-state index < -0.39 is 0 Å². The van der Waals surface area contributed by atoms with E-state index in [-0.39, 0.29) is 23.6 Å². The lowest BCUT2D eigenvalue weighted by molar-refractivity contribution is 0.0592. The van der Waals surface area contributed by atoms with Crippen molar-refractivity contribution in [3.63, 3.8) is 0 Å². The van der Waals surface area contributed by atoms with Crippen LogP contribution >= 0.6 is 0 Å². The van der Waals surface area contributed by atoms with E-state index in [0.717, 1.165) is 73.3 Å². The third kappa shape index (κ3) is 8.12. The number of rotatable bonds is 16. The van der Waals surface area contributed by atoms with Crippen LogP contribution in [0.25, 0.3) is 21.5 Å². The number of carbonyl (C=O) groups is 4. The normalized spacial score (nSPS) is 13.4. The first-order valence-corrected chi connectivity index (χ1v) is 18.5. The van der Waals surface area contributed by atoms with E-state index >= 15 is 0 Å². The molecule has 0 N–H and O–H groups in total. The molecule has 2 heterocycles. The molecule has 4 aromatic carbocycles. The molecular weight excluding hydrogens is 652 g/mol. The van der Waals surface area contributed by atoms with Gasteiger partial charge < -0.3 is 9.47 Å². The molecule has 4 amide bonds. The average molecular weight is 703 g/mol. The van der Waals surface area contributed by atoms with Gasteiger partial charge in [0, 0.05) is 69.7 Å². The van der Waals surface area contributed by atoms with Crippen molar-refractivity contribution in [2.24, 2.45) is 0 Å². The summed E-state index contributed by atoms with van der Waals surface area (Å²) in [4.78, 5) is 54.2. The fraction of sp³-hybridized carbons (Fsp3) is 0.364. The van der Waals surface area contributed by atoms with Crippen LogP contribution in [0.4, 0.5) is 0 Å². The first-order valence-electron chi connectivity index (χ1n) is 18.5. The maximum atomic E-state index is 12.9. The molecule has 52 heavy (non-hydrogen) atoms. The van der Waals surface area contributed by atoms with Gasteiger partial charge in [-0.3, -0.25) is 29.0 Å². The topological polar surface area (TPSA) is 93.2 Å². The Labute approximate surface area is 307 Å². The smallest absolute Gasteiger partial charge is 0.261 e. The number of unbranched alkanes of at least 4 members (excludes halogenated alkanes) is 4. The highest BCUT2D eigenvalue weighted by Crippen LogP contribution is 2.37. The number of benzene rings is 4. The van der Waals surface area contributed by atoms with Crippen LogP contribution in [0.1, 0.15) is 120 Å². The molecule has 0 saturated carbocycles. The lowest BCUT2D eigenvalue weighted by atomic mass is 9.93. The minimum absolute atomic E-state index is 0.200. The monoisotopic (exact) mass is 702 g/mol. The quantitative estimate of drug-likeness (QED) is 0.0656. The summed E-state index contributed by atoms with van der Waals surface area (Å²) in [6.45, 7) is 17.9. The number of amides is 4. The van der Waals surface area contributed by atoms with Gasteiger partial charge in [0.1, 0.15) is 11.5 Å². The molecule has 0 aromatic heterocycles. The molecule has 0 fully saturated rings. The van der Waals surface area contributed by atoms with E-state index in [0.29, 0.717) is 70.8 Å². The summed E-state index contributed by atoms with van der Waals surface area (Å²) in [6.07, 6.45) is 7.40. The van der Waals surface area contributed by atoms with Gasteiger partial charge >= 0.3 is 0 Å². The Kier molecular flexibility index (Phi) is 12.7. The fourth-order valence-corrected chi connectivity index (χ4v) is 6.58. The SMILES string of the molecule is C=C(C)CCOc1ccc2c3c(cccc13)C(=O)N(CCCC)C2=O.C=C(C)CCOc1ccc2c3c(cccc13)C(=O)N(CCCCCC)C2=O. The first kappa shape index (κ1) is 38.0. The Hall–Kier alpha value is -5.24. The van der Waals surface area contributed by atoms with Crippen LogP contribution in [-0.4, -0.2) is 59.7 Å². The third-order valence-corrected chi connectivity index (χ3v) is 9.45. The fourth-order valence-electron chi connectivity index (χ4n) is 6.58. The molecular formula is C44H50N2O6. The molecule has 8 nitrogen and oxygen atoms in total. The largest absolute Gasteiger partial charge is 0.493 e. The Morgan fingerprint density at radius 3 is 1.35 bits per heavy atom. The highest BCUT2D eigenvalue weighted by Gasteiger charge is 2.34. The zero-order valence-corrected chi connectivity index (χ0v) is 31.0. The Morgan fingerprint density at radius 2 is 0.942 bits per heavy atom. The Balaban J connectivity index is 0.000000202. The minimum atomic E-state index is -0.212. The zero-order valence-electron chi connectivity index (χ0n) is 31.0. The van der Waals surface area contributed by atoms with Crippen molar-refractivity contribution in [1.82, 2.24) is 9.80 Å². The van der Waals surface area contributed by atoms with Gasteiger partial charge in [-0.25, -0.2) is 0 Å². The molecule has 0 unspecified atom stereocenters. The van der Waals surface area contributed by atoms with E-state index in [1.54, 1.807) is 24.3 Å². The zero-order chi connectivity index (χ0) is 37.4. The van der Waals surface area contributed by atoms with E-state index in [1.807, 2.05) is 57.2 Å². The molecule has 0 atom stereocenters. The van der Waals surface area contributed by atoms with Crippen LogP contribution in [0.3, 0.4) is 0 Å². The van der Waals surface area contributed by atoms with Crippen molar-refractivity contribution in [2.75, 3.05) is 26.3 Å². The van der Waals surface area contributed by atoms with Gasteiger partial charge in [0.05, 0.1) is 13.2 Å². The summed E-state index contributed by atoms with van der Waals surface area (Å²) in [7, 11) is 0. The number of imide groups is 2. The predicted molar refractivity (Wildman–Crippen MR) is 208 cm³/mol. The molecule has 0 radical (unpaired) electrons. The van der Waals surface area contributed by atoms with Crippen LogP contribution in [0, 0.1) is 0 Å². The molecule has 8 heteroatoms. The second kappa shape index (κ2) is 17.3. The van der Waals surface area contributed by atoms with Crippen LogP contribution < -0.4 is 9.47 Å². The van der Waals surface area contributed by atoms with Gasteiger partial charge in [0.15, 0.2) is 0 Å². The summed E-state index contributed by atoms with van der Waals surface area (Å²) < 4.78 is 11.8. The van der Waals surface area contributed by atoms with Crippen molar-refractivity contribution < 1.29 is 28.7 Å². The maximum absolute atomic E-state index is 12.9. The lowest BCUT2D eigenvalue weighted by Gasteiger charge is -2.27. The third-order valence-electron chi connectivity index (χ3n) is 9.45. The van der Waals surface area contributed by atoms with Crippen LogP contribution in [0.5, 0.6) is 11.5 Å². The van der Waals surface area contributed by atoms with Crippen molar-refractivity contribution in [2.45, 2.75) is 79.1 Å². The molecule has 2 aliphatic rings. The van der Waals surface area contributed by atoms with Crippen LogP contribution in [0.2, 0.25) is 0 Å². The van der Waals surface area contributed by atoms with Crippen molar-refractivity contribution in [1.29, 1.82) is 0 Å². The van der Waals surface area contributed by atoms with Crippen molar-refractivity contribution >= 4 is 45.2 Å². The number of hydrogen-bond donors (Lipinski definition) is 0. The molecule has 272 valence electrons. The molecule has 6 rings (SSSR count). The Bertz CT molecular complexity index is 1980. The number of hydrogen-bond acceptors (Lipinski definition) is 6. The second-order valence-electron chi connectivity index (χ2n) is 13.7. The van der Waals surface area contributed by atoms with Crippen molar-refractivity contribution in [3.05, 3.63) is 107 Å². The molecule has 0 aliphatic carbocycles. The van der Waals surface area contributed by atoms with Gasteiger partial charge in [-0.1, -0.05) is 74.9 Å². The minimum Gasteiger partial charge on any atom is -0.493 e. The summed E-state index contributed by atoms with van der Waals surface area (Å²) in [5, 5.41) is 3.05. The first-order chi connectivity index (χ1) is 25.1. The lowest BCUT2D eigenvalue weighted by Crippen LogP contribution is -2.40. The standard InChI is InChI=1S/C23H27NO3.C21H23NO3/c1-4-5-6-7-14-24-22(25)18-10-8-9-17-20(27-15-13-16(2)3)12-11-19(21(17)18)23(24)26;1-4-5-12-22-20(23)16-8-6-7-15-18(25-13-11-14(2)3)10-9-17(19(15)16)21(22)24/h8-12H,2,4-7,13-15H2,1,3H3;6-10H,2,4-5,11-13H2,1,3H3. The van der Waals surface area contributed by atoms with Gasteiger partial charge in [-0.15, -0.1) is 13.2 Å². The molecule has 4 aromatic rings. The van der Waals surface area contributed by atoms with E-state index in [2.05, 4.69) is 20.1 Å². The van der Waals surface area contributed by atoms with E-state index in [9.17, 15) is 19.2 Å².